The van der Waals surface area contributed by atoms with Crippen molar-refractivity contribution in [1.82, 2.24) is 0 Å². The third kappa shape index (κ3) is 7.87. The van der Waals surface area contributed by atoms with Gasteiger partial charge in [-0.25, -0.2) is 4.79 Å². The van der Waals surface area contributed by atoms with Crippen molar-refractivity contribution in [1.29, 1.82) is 0 Å². The lowest BCUT2D eigenvalue weighted by Crippen LogP contribution is -2.08. The molecule has 0 amide bonds. The Morgan fingerprint density at radius 2 is 1.48 bits per heavy atom. The molecule has 0 saturated heterocycles. The number of ketones is 1. The largest absolute Gasteiger partial charge is 0.466 e. The van der Waals surface area contributed by atoms with Gasteiger partial charge in [-0.1, -0.05) is 18.2 Å². The lowest BCUT2D eigenvalue weighted by Gasteiger charge is -2.05. The fraction of sp³-hybridized carbons (Fsp3) is 0.438. The summed E-state index contributed by atoms with van der Waals surface area (Å²) in [7, 11) is 0. The fourth-order valence-electron chi connectivity index (χ4n) is 1.70. The van der Waals surface area contributed by atoms with Crippen LogP contribution < -0.4 is 0 Å². The Bertz CT molecular complexity index is 467. The van der Waals surface area contributed by atoms with Crippen molar-refractivity contribution in [3.63, 3.8) is 0 Å². The van der Waals surface area contributed by atoms with Gasteiger partial charge in [0.1, 0.15) is 5.78 Å². The number of ether oxygens (including phenoxy) is 2. The molecule has 1 aromatic rings. The Morgan fingerprint density at radius 3 is 2.05 bits per heavy atom. The maximum atomic E-state index is 11.6. The molecule has 0 aromatic heterocycles. The van der Waals surface area contributed by atoms with Crippen LogP contribution in [0.5, 0.6) is 0 Å². The molecule has 0 aliphatic rings. The highest BCUT2D eigenvalue weighted by Crippen LogP contribution is 2.04. The lowest BCUT2D eigenvalue weighted by atomic mass is 10.1. The maximum Gasteiger partial charge on any atom is 0.338 e. The van der Waals surface area contributed by atoms with E-state index < -0.39 is 0 Å². The normalized spacial score (nSPS) is 9.95. The Kier molecular flexibility index (Phi) is 7.79. The van der Waals surface area contributed by atoms with E-state index in [-0.39, 0.29) is 30.9 Å². The summed E-state index contributed by atoms with van der Waals surface area (Å²) in [5.74, 6) is -0.633. The van der Waals surface area contributed by atoms with Crippen LogP contribution in [0.1, 0.15) is 43.0 Å². The third-order valence-corrected chi connectivity index (χ3v) is 2.75. The van der Waals surface area contributed by atoms with E-state index >= 15 is 0 Å². The molecule has 5 heteroatoms. The topological polar surface area (TPSA) is 69.7 Å². The highest BCUT2D eigenvalue weighted by Gasteiger charge is 2.07. The summed E-state index contributed by atoms with van der Waals surface area (Å²) in [6.45, 7) is 1.83. The van der Waals surface area contributed by atoms with Crippen LogP contribution in [0.15, 0.2) is 30.3 Å². The number of benzene rings is 1. The molecule has 114 valence electrons. The molecule has 0 radical (unpaired) electrons. The molecule has 1 rings (SSSR count). The molecule has 0 aliphatic carbocycles. The zero-order valence-corrected chi connectivity index (χ0v) is 12.2. The number of hydrogen-bond donors (Lipinski definition) is 0. The number of carbonyl (C=O) groups excluding carboxylic acids is 3. The van der Waals surface area contributed by atoms with Gasteiger partial charge in [0.05, 0.1) is 18.8 Å². The van der Waals surface area contributed by atoms with Gasteiger partial charge < -0.3 is 9.47 Å². The molecule has 0 saturated carbocycles. The van der Waals surface area contributed by atoms with Crippen LogP contribution in [0.2, 0.25) is 0 Å². The van der Waals surface area contributed by atoms with Crippen LogP contribution in [0.4, 0.5) is 0 Å². The highest BCUT2D eigenvalue weighted by atomic mass is 16.5. The molecule has 0 bridgehead atoms. The van der Waals surface area contributed by atoms with Crippen LogP contribution in [0, 0.1) is 0 Å². The number of rotatable bonds is 9. The summed E-state index contributed by atoms with van der Waals surface area (Å²) in [5, 5.41) is 0. The van der Waals surface area contributed by atoms with E-state index in [2.05, 4.69) is 0 Å². The minimum Gasteiger partial charge on any atom is -0.466 e. The van der Waals surface area contributed by atoms with Gasteiger partial charge in [-0.05, 0) is 25.0 Å². The second-order valence-corrected chi connectivity index (χ2v) is 4.59. The summed E-state index contributed by atoms with van der Waals surface area (Å²) < 4.78 is 9.81. The van der Waals surface area contributed by atoms with Gasteiger partial charge in [-0.2, -0.15) is 0 Å². The molecule has 21 heavy (non-hydrogen) atoms. The van der Waals surface area contributed by atoms with Gasteiger partial charge in [0.15, 0.2) is 0 Å². The van der Waals surface area contributed by atoms with Gasteiger partial charge >= 0.3 is 11.9 Å². The molecule has 0 N–H and O–H groups in total. The zero-order chi connectivity index (χ0) is 15.5. The standard InChI is InChI=1S/C16H20O5/c1-13(17)20-11-5-9-15(18)10-6-12-21-16(19)14-7-3-2-4-8-14/h2-4,7-8H,5-6,9-12H2,1H3. The molecule has 0 heterocycles. The molecular formula is C16H20O5. The predicted octanol–water partition coefficient (Wildman–Crippen LogP) is 2.54. The summed E-state index contributed by atoms with van der Waals surface area (Å²) in [6, 6.07) is 8.72. The second kappa shape index (κ2) is 9.69. The zero-order valence-electron chi connectivity index (χ0n) is 12.2. The van der Waals surface area contributed by atoms with Gasteiger partial charge in [0.25, 0.3) is 0 Å². The molecule has 0 spiro atoms. The molecule has 0 fully saturated rings. The molecular weight excluding hydrogens is 272 g/mol. The van der Waals surface area contributed by atoms with Crippen LogP contribution in [0.3, 0.4) is 0 Å². The van der Waals surface area contributed by atoms with Gasteiger partial charge in [0, 0.05) is 19.8 Å². The van der Waals surface area contributed by atoms with E-state index in [0.29, 0.717) is 31.2 Å². The van der Waals surface area contributed by atoms with Crippen molar-refractivity contribution in [2.45, 2.75) is 32.6 Å². The third-order valence-electron chi connectivity index (χ3n) is 2.75. The number of Topliss-reactive ketones (excluding diaryl/α,β-unsaturated/α-hetero) is 1. The van der Waals surface area contributed by atoms with Crippen molar-refractivity contribution in [2.75, 3.05) is 13.2 Å². The number of esters is 2. The predicted molar refractivity (Wildman–Crippen MR) is 76.8 cm³/mol. The quantitative estimate of drug-likeness (QED) is 0.516. The summed E-state index contributed by atoms with van der Waals surface area (Å²) in [4.78, 5) is 33.7. The van der Waals surface area contributed by atoms with Crippen LogP contribution in [-0.4, -0.2) is 30.9 Å². The van der Waals surface area contributed by atoms with E-state index in [1.54, 1.807) is 24.3 Å². The Balaban J connectivity index is 2.07. The molecule has 0 aliphatic heterocycles. The minimum absolute atomic E-state index is 0.0814. The van der Waals surface area contributed by atoms with E-state index in [4.69, 9.17) is 9.47 Å². The Morgan fingerprint density at radius 1 is 0.905 bits per heavy atom. The second-order valence-electron chi connectivity index (χ2n) is 4.59. The average Bonchev–Trinajstić information content (AvgIpc) is 2.48. The van der Waals surface area contributed by atoms with E-state index in [1.165, 1.54) is 6.92 Å². The smallest absolute Gasteiger partial charge is 0.338 e. The van der Waals surface area contributed by atoms with Crippen LogP contribution in [0.25, 0.3) is 0 Å². The Labute approximate surface area is 124 Å². The van der Waals surface area contributed by atoms with Crippen molar-refractivity contribution in [3.8, 4) is 0 Å². The number of carbonyl (C=O) groups is 3. The minimum atomic E-state index is -0.377. The first-order valence-corrected chi connectivity index (χ1v) is 6.97. The molecule has 1 aromatic carbocycles. The van der Waals surface area contributed by atoms with Crippen molar-refractivity contribution in [3.05, 3.63) is 35.9 Å². The monoisotopic (exact) mass is 292 g/mol. The molecule has 0 atom stereocenters. The number of hydrogen-bond acceptors (Lipinski definition) is 5. The summed E-state index contributed by atoms with van der Waals surface area (Å²) >= 11 is 0. The van der Waals surface area contributed by atoms with E-state index in [1.807, 2.05) is 6.07 Å². The van der Waals surface area contributed by atoms with E-state index in [9.17, 15) is 14.4 Å². The first-order valence-electron chi connectivity index (χ1n) is 6.97. The molecule has 0 unspecified atom stereocenters. The van der Waals surface area contributed by atoms with Crippen LogP contribution in [-0.2, 0) is 19.1 Å². The van der Waals surface area contributed by atoms with Gasteiger partial charge in [-0.15, -0.1) is 0 Å². The lowest BCUT2D eigenvalue weighted by molar-refractivity contribution is -0.141. The van der Waals surface area contributed by atoms with Gasteiger partial charge in [0.2, 0.25) is 0 Å². The highest BCUT2D eigenvalue weighted by molar-refractivity contribution is 5.89. The summed E-state index contributed by atoms with van der Waals surface area (Å²) in [6.07, 6.45) is 1.77. The first-order chi connectivity index (χ1) is 10.1. The maximum absolute atomic E-state index is 11.6. The molecule has 5 nitrogen and oxygen atoms in total. The average molecular weight is 292 g/mol. The van der Waals surface area contributed by atoms with Crippen LogP contribution >= 0.6 is 0 Å². The van der Waals surface area contributed by atoms with E-state index in [0.717, 1.165) is 0 Å². The Hall–Kier alpha value is -2.17. The fourth-order valence-corrected chi connectivity index (χ4v) is 1.70. The van der Waals surface area contributed by atoms with Crippen molar-refractivity contribution in [2.24, 2.45) is 0 Å². The van der Waals surface area contributed by atoms with Crippen molar-refractivity contribution < 1.29 is 23.9 Å². The summed E-state index contributed by atoms with van der Waals surface area (Å²) in [5.41, 5.74) is 0.505. The van der Waals surface area contributed by atoms with Crippen molar-refractivity contribution >= 4 is 17.7 Å². The van der Waals surface area contributed by atoms with Gasteiger partial charge in [-0.3, -0.25) is 9.59 Å². The SMILES string of the molecule is CC(=O)OCCCC(=O)CCCOC(=O)c1ccccc1. The first kappa shape index (κ1) is 16.9.